The molecular formula is C22H27N5O2. The van der Waals surface area contributed by atoms with E-state index in [0.717, 1.165) is 32.6 Å². The van der Waals surface area contributed by atoms with E-state index in [-0.39, 0.29) is 11.9 Å². The molecule has 2 N–H and O–H groups in total. The highest BCUT2D eigenvalue weighted by atomic mass is 16.2. The molecule has 1 aromatic heterocycles. The fraction of sp³-hybridized carbons (Fsp3) is 0.409. The van der Waals surface area contributed by atoms with Crippen LogP contribution in [0.5, 0.6) is 0 Å². The van der Waals surface area contributed by atoms with Crippen LogP contribution in [0.2, 0.25) is 0 Å². The van der Waals surface area contributed by atoms with Gasteiger partial charge in [-0.05, 0) is 69.1 Å². The number of hydrogen-bond donors (Lipinski definition) is 2. The second-order valence-electron chi connectivity index (χ2n) is 7.69. The molecule has 7 heteroatoms. The van der Waals surface area contributed by atoms with E-state index in [1.54, 1.807) is 36.7 Å². The summed E-state index contributed by atoms with van der Waals surface area (Å²) in [5, 5.41) is 5.84. The standard InChI is InChI=1S/C22H27N5O2/c28-21(17-8-10-23-11-9-17)24-18-5-3-6-19(15-18)25-22(29)27-14-4-7-20(16-27)26-12-1-2-13-26/h3,5-6,8-11,15,20H,1-2,4,7,12-14,16H2,(H,24,28)(H,25,29)/t20-/m0/s1. The van der Waals surface area contributed by atoms with Crippen molar-refractivity contribution in [1.29, 1.82) is 0 Å². The first-order valence-electron chi connectivity index (χ1n) is 10.3. The van der Waals surface area contributed by atoms with Crippen molar-refractivity contribution >= 4 is 23.3 Å². The number of likely N-dealkylation sites (tertiary alicyclic amines) is 2. The largest absolute Gasteiger partial charge is 0.323 e. The highest BCUT2D eigenvalue weighted by molar-refractivity contribution is 6.04. The summed E-state index contributed by atoms with van der Waals surface area (Å²) in [6.45, 7) is 3.87. The molecule has 2 saturated heterocycles. The third-order valence-electron chi connectivity index (χ3n) is 5.65. The van der Waals surface area contributed by atoms with E-state index in [1.165, 1.54) is 19.3 Å². The Kier molecular flexibility index (Phi) is 6.05. The van der Waals surface area contributed by atoms with Crippen LogP contribution in [-0.4, -0.2) is 58.9 Å². The van der Waals surface area contributed by atoms with E-state index in [4.69, 9.17) is 0 Å². The second-order valence-corrected chi connectivity index (χ2v) is 7.69. The number of carbonyl (C=O) groups is 2. The van der Waals surface area contributed by atoms with Crippen LogP contribution in [0.4, 0.5) is 16.2 Å². The van der Waals surface area contributed by atoms with Gasteiger partial charge in [-0.2, -0.15) is 0 Å². The molecule has 0 aliphatic carbocycles. The second kappa shape index (κ2) is 9.05. The first-order chi connectivity index (χ1) is 14.2. The quantitative estimate of drug-likeness (QED) is 0.834. The van der Waals surface area contributed by atoms with Crippen molar-refractivity contribution in [1.82, 2.24) is 14.8 Å². The molecule has 152 valence electrons. The molecular weight excluding hydrogens is 366 g/mol. The van der Waals surface area contributed by atoms with Crippen molar-refractivity contribution < 1.29 is 9.59 Å². The number of amides is 3. The summed E-state index contributed by atoms with van der Waals surface area (Å²) in [5.41, 5.74) is 1.85. The summed E-state index contributed by atoms with van der Waals surface area (Å²) >= 11 is 0. The lowest BCUT2D eigenvalue weighted by Gasteiger charge is -2.37. The predicted octanol–water partition coefficient (Wildman–Crippen LogP) is 3.43. The normalized spacial score (nSPS) is 19.7. The summed E-state index contributed by atoms with van der Waals surface area (Å²) in [5.74, 6) is -0.208. The van der Waals surface area contributed by atoms with Crippen LogP contribution >= 0.6 is 0 Å². The highest BCUT2D eigenvalue weighted by Gasteiger charge is 2.29. The van der Waals surface area contributed by atoms with Gasteiger partial charge in [-0.3, -0.25) is 14.7 Å². The van der Waals surface area contributed by atoms with E-state index in [1.807, 2.05) is 17.0 Å². The van der Waals surface area contributed by atoms with Crippen molar-refractivity contribution in [3.63, 3.8) is 0 Å². The number of carbonyl (C=O) groups excluding carboxylic acids is 2. The van der Waals surface area contributed by atoms with Crippen molar-refractivity contribution in [2.75, 3.05) is 36.8 Å². The molecule has 1 aromatic carbocycles. The Morgan fingerprint density at radius 2 is 1.66 bits per heavy atom. The van der Waals surface area contributed by atoms with Gasteiger partial charge in [0.25, 0.3) is 5.91 Å². The van der Waals surface area contributed by atoms with Crippen LogP contribution < -0.4 is 10.6 Å². The van der Waals surface area contributed by atoms with Gasteiger partial charge in [0.2, 0.25) is 0 Å². The number of rotatable bonds is 4. The van der Waals surface area contributed by atoms with Crippen LogP contribution in [0, 0.1) is 0 Å². The number of anilines is 2. The Hall–Kier alpha value is -2.93. The van der Waals surface area contributed by atoms with Gasteiger partial charge in [0.15, 0.2) is 0 Å². The van der Waals surface area contributed by atoms with Gasteiger partial charge in [0.1, 0.15) is 0 Å². The zero-order valence-electron chi connectivity index (χ0n) is 16.5. The monoisotopic (exact) mass is 393 g/mol. The van der Waals surface area contributed by atoms with Crippen molar-refractivity contribution in [3.05, 3.63) is 54.4 Å². The summed E-state index contributed by atoms with van der Waals surface area (Å²) in [4.78, 5) is 33.5. The topological polar surface area (TPSA) is 77.6 Å². The lowest BCUT2D eigenvalue weighted by molar-refractivity contribution is 0.102. The SMILES string of the molecule is O=C(Nc1cccc(NC(=O)N2CCC[C@H](N3CCCC3)C2)c1)c1ccncc1. The molecule has 2 aromatic rings. The number of nitrogens with zero attached hydrogens (tertiary/aromatic N) is 3. The van der Waals surface area contributed by atoms with E-state index in [2.05, 4.69) is 20.5 Å². The third kappa shape index (κ3) is 4.92. The zero-order chi connectivity index (χ0) is 20.1. The van der Waals surface area contributed by atoms with Crippen LogP contribution in [0.25, 0.3) is 0 Å². The van der Waals surface area contributed by atoms with Crippen molar-refractivity contribution in [3.8, 4) is 0 Å². The average Bonchev–Trinajstić information content (AvgIpc) is 3.30. The Morgan fingerprint density at radius 3 is 2.41 bits per heavy atom. The minimum absolute atomic E-state index is 0.0773. The number of aromatic nitrogens is 1. The molecule has 0 saturated carbocycles. The predicted molar refractivity (Wildman–Crippen MR) is 113 cm³/mol. The van der Waals surface area contributed by atoms with Gasteiger partial charge < -0.3 is 15.5 Å². The summed E-state index contributed by atoms with van der Waals surface area (Å²) in [6, 6.07) is 11.0. The maximum absolute atomic E-state index is 12.8. The number of urea groups is 1. The number of piperidine rings is 1. The molecule has 0 spiro atoms. The Morgan fingerprint density at radius 1 is 0.931 bits per heavy atom. The first-order valence-corrected chi connectivity index (χ1v) is 10.3. The van der Waals surface area contributed by atoms with Gasteiger partial charge in [-0.25, -0.2) is 4.79 Å². The fourth-order valence-corrected chi connectivity index (χ4v) is 4.13. The van der Waals surface area contributed by atoms with E-state index in [9.17, 15) is 9.59 Å². The molecule has 4 rings (SSSR count). The molecule has 2 aliphatic rings. The Balaban J connectivity index is 1.36. The Bertz CT molecular complexity index is 851. The van der Waals surface area contributed by atoms with Gasteiger partial charge in [0.05, 0.1) is 0 Å². The number of hydrogen-bond acceptors (Lipinski definition) is 4. The zero-order valence-corrected chi connectivity index (χ0v) is 16.5. The summed E-state index contributed by atoms with van der Waals surface area (Å²) in [7, 11) is 0. The summed E-state index contributed by atoms with van der Waals surface area (Å²) in [6.07, 6.45) is 7.90. The van der Waals surface area contributed by atoms with E-state index in [0.29, 0.717) is 23.0 Å². The van der Waals surface area contributed by atoms with Crippen LogP contribution in [0.3, 0.4) is 0 Å². The molecule has 2 fully saturated rings. The fourth-order valence-electron chi connectivity index (χ4n) is 4.13. The van der Waals surface area contributed by atoms with E-state index < -0.39 is 0 Å². The number of pyridine rings is 1. The van der Waals surface area contributed by atoms with E-state index >= 15 is 0 Å². The smallest absolute Gasteiger partial charge is 0.321 e. The van der Waals surface area contributed by atoms with Gasteiger partial charge in [0, 0.05) is 48.5 Å². The summed E-state index contributed by atoms with van der Waals surface area (Å²) < 4.78 is 0. The molecule has 0 radical (unpaired) electrons. The molecule has 1 atom stereocenters. The molecule has 29 heavy (non-hydrogen) atoms. The molecule has 2 aliphatic heterocycles. The molecule has 0 bridgehead atoms. The highest BCUT2D eigenvalue weighted by Crippen LogP contribution is 2.22. The lowest BCUT2D eigenvalue weighted by Crippen LogP contribution is -2.50. The number of benzene rings is 1. The average molecular weight is 393 g/mol. The minimum atomic E-state index is -0.208. The molecule has 7 nitrogen and oxygen atoms in total. The third-order valence-corrected chi connectivity index (χ3v) is 5.65. The maximum Gasteiger partial charge on any atom is 0.321 e. The molecule has 3 heterocycles. The molecule has 3 amide bonds. The van der Waals surface area contributed by atoms with Gasteiger partial charge in [-0.1, -0.05) is 6.07 Å². The van der Waals surface area contributed by atoms with Crippen molar-refractivity contribution in [2.45, 2.75) is 31.7 Å². The number of nitrogens with one attached hydrogen (secondary N) is 2. The molecule has 0 unspecified atom stereocenters. The van der Waals surface area contributed by atoms with Crippen LogP contribution in [0.1, 0.15) is 36.0 Å². The van der Waals surface area contributed by atoms with Crippen LogP contribution in [0.15, 0.2) is 48.8 Å². The van der Waals surface area contributed by atoms with Crippen molar-refractivity contribution in [2.24, 2.45) is 0 Å². The first kappa shape index (κ1) is 19.4. The lowest BCUT2D eigenvalue weighted by atomic mass is 10.0. The minimum Gasteiger partial charge on any atom is -0.323 e. The van der Waals surface area contributed by atoms with Gasteiger partial charge in [-0.15, -0.1) is 0 Å². The maximum atomic E-state index is 12.8. The van der Waals surface area contributed by atoms with Gasteiger partial charge >= 0.3 is 6.03 Å². The van der Waals surface area contributed by atoms with Crippen LogP contribution in [-0.2, 0) is 0 Å². The Labute approximate surface area is 171 Å².